The summed E-state index contributed by atoms with van der Waals surface area (Å²) in [5.74, 6) is -2.17. The van der Waals surface area contributed by atoms with Crippen LogP contribution in [-0.4, -0.2) is 27.9 Å². The molecule has 2 amide bonds. The van der Waals surface area contributed by atoms with E-state index in [1.807, 2.05) is 60.7 Å². The summed E-state index contributed by atoms with van der Waals surface area (Å²) in [6.45, 7) is 0. The number of carbonyl (C=O) groups is 2. The Kier molecular flexibility index (Phi) is 5.25. The number of urea groups is 1. The van der Waals surface area contributed by atoms with E-state index in [1.54, 1.807) is 0 Å². The number of carbonyl (C=O) groups excluding carboxylic acids is 1. The molecule has 7 heteroatoms. The van der Waals surface area contributed by atoms with Gasteiger partial charge in [-0.2, -0.15) is 4.99 Å². The molecule has 0 saturated heterocycles. The minimum atomic E-state index is -1.33. The molecule has 0 saturated carbocycles. The lowest BCUT2D eigenvalue weighted by Gasteiger charge is -2.33. The zero-order valence-corrected chi connectivity index (χ0v) is 16.4. The first-order chi connectivity index (χ1) is 14.5. The highest BCUT2D eigenvalue weighted by molar-refractivity contribution is 6.34. The molecule has 0 aromatic heterocycles. The summed E-state index contributed by atoms with van der Waals surface area (Å²) in [6, 6.07) is 20.6. The van der Waals surface area contributed by atoms with E-state index in [4.69, 9.17) is 11.6 Å². The van der Waals surface area contributed by atoms with E-state index < -0.39 is 23.8 Å². The van der Waals surface area contributed by atoms with E-state index >= 15 is 0 Å². The molecule has 0 aliphatic carbocycles. The van der Waals surface area contributed by atoms with Crippen LogP contribution in [0.1, 0.15) is 39.0 Å². The fraction of sp³-hybridized carbons (Fsp3) is 0.0870. The van der Waals surface area contributed by atoms with Crippen LogP contribution in [0.5, 0.6) is 5.75 Å². The maximum atomic E-state index is 12.5. The van der Waals surface area contributed by atoms with Gasteiger partial charge in [0.05, 0.1) is 22.7 Å². The molecule has 3 N–H and O–H groups in total. The van der Waals surface area contributed by atoms with Crippen LogP contribution in [0.3, 0.4) is 0 Å². The summed E-state index contributed by atoms with van der Waals surface area (Å²) in [7, 11) is 0. The largest absolute Gasteiger partial charge is 0.507 e. The van der Waals surface area contributed by atoms with Gasteiger partial charge in [-0.3, -0.25) is 0 Å². The molecular weight excluding hydrogens is 404 g/mol. The van der Waals surface area contributed by atoms with Crippen molar-refractivity contribution in [3.05, 3.63) is 100 Å². The van der Waals surface area contributed by atoms with Crippen molar-refractivity contribution in [2.45, 2.75) is 12.0 Å². The number of halogens is 1. The van der Waals surface area contributed by atoms with Crippen molar-refractivity contribution in [2.75, 3.05) is 0 Å². The number of hydrogen-bond acceptors (Lipinski definition) is 3. The number of benzene rings is 3. The van der Waals surface area contributed by atoms with Gasteiger partial charge < -0.3 is 15.5 Å². The number of nitrogens with zero attached hydrogens (tertiary/aromatic N) is 1. The lowest BCUT2D eigenvalue weighted by molar-refractivity contribution is 0.0694. The van der Waals surface area contributed by atoms with Crippen molar-refractivity contribution >= 4 is 29.3 Å². The summed E-state index contributed by atoms with van der Waals surface area (Å²) >= 11 is 6.15. The zero-order chi connectivity index (χ0) is 21.3. The molecule has 30 heavy (non-hydrogen) atoms. The van der Waals surface area contributed by atoms with E-state index in [-0.39, 0.29) is 16.5 Å². The van der Waals surface area contributed by atoms with E-state index in [0.717, 1.165) is 11.1 Å². The van der Waals surface area contributed by atoms with Crippen molar-refractivity contribution in [2.24, 2.45) is 4.99 Å². The topological polar surface area (TPSA) is 99.0 Å². The highest BCUT2D eigenvalue weighted by Gasteiger charge is 2.36. The Morgan fingerprint density at radius 3 is 2.20 bits per heavy atom. The number of carboxylic acid groups (broad SMARTS) is 1. The number of carboxylic acids is 1. The fourth-order valence-corrected chi connectivity index (χ4v) is 4.03. The van der Waals surface area contributed by atoms with Crippen LogP contribution in [0.2, 0.25) is 5.02 Å². The maximum absolute atomic E-state index is 12.5. The third kappa shape index (κ3) is 3.65. The van der Waals surface area contributed by atoms with Gasteiger partial charge in [0, 0.05) is 0 Å². The molecule has 0 spiro atoms. The number of rotatable bonds is 4. The Morgan fingerprint density at radius 2 is 1.60 bits per heavy atom. The van der Waals surface area contributed by atoms with E-state index in [1.165, 1.54) is 12.1 Å². The van der Waals surface area contributed by atoms with Gasteiger partial charge in [-0.05, 0) is 28.8 Å². The van der Waals surface area contributed by atoms with Crippen LogP contribution in [0.25, 0.3) is 0 Å². The lowest BCUT2D eigenvalue weighted by Crippen LogP contribution is -2.40. The van der Waals surface area contributed by atoms with Crippen molar-refractivity contribution in [3.63, 3.8) is 0 Å². The summed E-state index contributed by atoms with van der Waals surface area (Å²) in [5.41, 5.74) is 2.38. The third-order valence-corrected chi connectivity index (χ3v) is 5.32. The number of nitrogens with one attached hydrogen (secondary N) is 1. The van der Waals surface area contributed by atoms with Crippen LogP contribution in [0, 0.1) is 0 Å². The first-order valence-electron chi connectivity index (χ1n) is 9.21. The Balaban J connectivity index is 1.90. The van der Waals surface area contributed by atoms with Gasteiger partial charge in [0.1, 0.15) is 11.3 Å². The number of aromatic carboxylic acids is 1. The van der Waals surface area contributed by atoms with E-state index in [0.29, 0.717) is 11.3 Å². The van der Waals surface area contributed by atoms with Crippen molar-refractivity contribution in [1.29, 1.82) is 0 Å². The molecule has 1 aliphatic heterocycles. The van der Waals surface area contributed by atoms with Gasteiger partial charge in [0.15, 0.2) is 0 Å². The Labute approximate surface area is 177 Å². The molecule has 0 fully saturated rings. The predicted octanol–water partition coefficient (Wildman–Crippen LogP) is 4.78. The summed E-state index contributed by atoms with van der Waals surface area (Å²) < 4.78 is 0. The normalized spacial score (nSPS) is 18.4. The molecule has 0 bridgehead atoms. The highest BCUT2D eigenvalue weighted by Crippen LogP contribution is 2.40. The Morgan fingerprint density at radius 1 is 0.967 bits per heavy atom. The predicted molar refractivity (Wildman–Crippen MR) is 114 cm³/mol. The molecule has 0 radical (unpaired) electrons. The molecule has 3 aromatic rings. The minimum Gasteiger partial charge on any atom is -0.507 e. The average Bonchev–Trinajstić information content (AvgIpc) is 2.73. The molecule has 2 unspecified atom stereocenters. The summed E-state index contributed by atoms with van der Waals surface area (Å²) in [4.78, 5) is 28.1. The molecular formula is C23H17ClN2O4. The smallest absolute Gasteiger partial charge is 0.341 e. The average molecular weight is 421 g/mol. The number of aromatic hydroxyl groups is 1. The molecule has 6 nitrogen and oxygen atoms in total. The van der Waals surface area contributed by atoms with Crippen LogP contribution in [0.15, 0.2) is 77.8 Å². The van der Waals surface area contributed by atoms with Crippen LogP contribution in [0.4, 0.5) is 4.79 Å². The first kappa shape index (κ1) is 19.7. The van der Waals surface area contributed by atoms with Crippen LogP contribution >= 0.6 is 11.6 Å². The SMILES string of the molecule is O=C1N=C(c2ccccc2)C(c2ccccc2)C(c2cc(O)c(C(=O)O)c(Cl)c2)N1. The van der Waals surface area contributed by atoms with Crippen molar-refractivity contribution in [1.82, 2.24) is 5.32 Å². The van der Waals surface area contributed by atoms with Gasteiger partial charge >= 0.3 is 12.0 Å². The molecule has 1 aliphatic rings. The van der Waals surface area contributed by atoms with Crippen molar-refractivity contribution < 1.29 is 19.8 Å². The molecule has 3 aromatic carbocycles. The van der Waals surface area contributed by atoms with Gasteiger partial charge in [-0.15, -0.1) is 0 Å². The second-order valence-electron chi connectivity index (χ2n) is 6.88. The minimum absolute atomic E-state index is 0.109. The second-order valence-corrected chi connectivity index (χ2v) is 7.29. The van der Waals surface area contributed by atoms with Gasteiger partial charge in [0.2, 0.25) is 0 Å². The quantitative estimate of drug-likeness (QED) is 0.565. The summed E-state index contributed by atoms with van der Waals surface area (Å²) in [6.07, 6.45) is 0. The number of amides is 2. The number of phenols is 1. The Bertz CT molecular complexity index is 1120. The van der Waals surface area contributed by atoms with Gasteiger partial charge in [-0.25, -0.2) is 9.59 Å². The zero-order valence-electron chi connectivity index (χ0n) is 15.6. The molecule has 1 heterocycles. The molecule has 2 atom stereocenters. The molecule has 4 rings (SSSR count). The van der Waals surface area contributed by atoms with Gasteiger partial charge in [-0.1, -0.05) is 72.3 Å². The monoisotopic (exact) mass is 420 g/mol. The second kappa shape index (κ2) is 8.00. The van der Waals surface area contributed by atoms with E-state index in [2.05, 4.69) is 10.3 Å². The van der Waals surface area contributed by atoms with Crippen LogP contribution in [-0.2, 0) is 0 Å². The fourth-order valence-electron chi connectivity index (χ4n) is 3.73. The van der Waals surface area contributed by atoms with E-state index in [9.17, 15) is 19.8 Å². The number of aliphatic imine (C=N–C) groups is 1. The highest BCUT2D eigenvalue weighted by atomic mass is 35.5. The number of hydrogen-bond donors (Lipinski definition) is 3. The van der Waals surface area contributed by atoms with Crippen LogP contribution < -0.4 is 5.32 Å². The lowest BCUT2D eigenvalue weighted by atomic mass is 9.80. The third-order valence-electron chi connectivity index (χ3n) is 5.02. The Hall–Kier alpha value is -3.64. The summed E-state index contributed by atoms with van der Waals surface area (Å²) in [5, 5.41) is 22.3. The maximum Gasteiger partial charge on any atom is 0.341 e. The first-order valence-corrected chi connectivity index (χ1v) is 9.58. The van der Waals surface area contributed by atoms with Gasteiger partial charge in [0.25, 0.3) is 0 Å². The molecule has 150 valence electrons. The van der Waals surface area contributed by atoms with Crippen molar-refractivity contribution in [3.8, 4) is 5.75 Å². The standard InChI is InChI=1S/C23H17ClN2O4/c24-16-11-15(12-17(27)19(16)22(28)29)21-18(13-7-3-1-4-8-13)20(25-23(30)26-21)14-9-5-2-6-10-14/h1-12,18,21,27H,(H,26,30)(H,28,29).